The molecule has 0 spiro atoms. The first-order valence-electron chi connectivity index (χ1n) is 9.63. The van der Waals surface area contributed by atoms with Crippen molar-refractivity contribution >= 4 is 17.7 Å². The maximum atomic E-state index is 12.5. The highest BCUT2D eigenvalue weighted by molar-refractivity contribution is 5.77. The number of carbonyl (C=O) groups is 1. The summed E-state index contributed by atoms with van der Waals surface area (Å²) in [4.78, 5) is 25.3. The van der Waals surface area contributed by atoms with E-state index in [4.69, 9.17) is 10.3 Å². The highest BCUT2D eigenvalue weighted by Gasteiger charge is 2.54. The Morgan fingerprint density at radius 2 is 2.25 bits per heavy atom. The average molecular weight is 386 g/mol. The molecule has 3 N–H and O–H groups in total. The summed E-state index contributed by atoms with van der Waals surface area (Å²) >= 11 is 0. The molecule has 0 aromatic carbocycles. The lowest BCUT2D eigenvalue weighted by atomic mass is 9.69. The summed E-state index contributed by atoms with van der Waals surface area (Å²) < 4.78 is 5.30. The van der Waals surface area contributed by atoms with Gasteiger partial charge in [-0.25, -0.2) is 4.98 Å². The van der Waals surface area contributed by atoms with Crippen molar-refractivity contribution in [1.82, 2.24) is 20.0 Å². The number of aryl methyl sites for hydroxylation is 2. The molecule has 2 atom stereocenters. The van der Waals surface area contributed by atoms with Crippen molar-refractivity contribution in [3.8, 4) is 0 Å². The lowest BCUT2D eigenvalue weighted by molar-refractivity contribution is -0.158. The maximum Gasteiger partial charge on any atom is 0.313 e. The molecule has 0 saturated carbocycles. The van der Waals surface area contributed by atoms with Gasteiger partial charge in [-0.3, -0.25) is 9.69 Å². The summed E-state index contributed by atoms with van der Waals surface area (Å²) in [7, 11) is 0. The second kappa shape index (κ2) is 7.05. The van der Waals surface area contributed by atoms with Crippen LogP contribution in [0.3, 0.4) is 0 Å². The zero-order chi connectivity index (χ0) is 19.9. The van der Waals surface area contributed by atoms with Crippen LogP contribution >= 0.6 is 0 Å². The molecule has 2 aliphatic rings. The third-order valence-corrected chi connectivity index (χ3v) is 6.21. The minimum atomic E-state index is -0.858. The van der Waals surface area contributed by atoms with Crippen LogP contribution in [0.4, 0.5) is 11.8 Å². The maximum absolute atomic E-state index is 12.5. The van der Waals surface area contributed by atoms with Gasteiger partial charge >= 0.3 is 5.97 Å². The standard InChI is InChI=1S/C19H26N6O3/c1-12-14(13(2)28-23-12)10-24-8-3-6-19(17(26)27)11-25(9-5-15(19)24)18-21-7-4-16(20)22-18/h4,7,15H,3,5-6,8-11H2,1-2H3,(H,26,27)(H2,20,21,22)/t15-,19+/m1/s1. The Balaban J connectivity index is 1.62. The third kappa shape index (κ3) is 3.09. The van der Waals surface area contributed by atoms with Gasteiger partial charge in [-0.1, -0.05) is 5.16 Å². The molecule has 28 heavy (non-hydrogen) atoms. The molecular weight excluding hydrogens is 360 g/mol. The second-order valence-electron chi connectivity index (χ2n) is 7.85. The van der Waals surface area contributed by atoms with Crippen LogP contribution in [0.5, 0.6) is 0 Å². The van der Waals surface area contributed by atoms with Crippen LogP contribution in [-0.2, 0) is 11.3 Å². The topological polar surface area (TPSA) is 122 Å². The predicted octanol–water partition coefficient (Wildman–Crippen LogP) is 1.61. The van der Waals surface area contributed by atoms with Crippen molar-refractivity contribution in [1.29, 1.82) is 0 Å². The van der Waals surface area contributed by atoms with Crippen LogP contribution in [0, 0.1) is 19.3 Å². The van der Waals surface area contributed by atoms with E-state index in [1.54, 1.807) is 12.3 Å². The van der Waals surface area contributed by atoms with E-state index in [1.165, 1.54) is 0 Å². The minimum Gasteiger partial charge on any atom is -0.481 e. The van der Waals surface area contributed by atoms with Crippen molar-refractivity contribution < 1.29 is 14.4 Å². The first-order chi connectivity index (χ1) is 13.4. The molecule has 0 aliphatic carbocycles. The van der Waals surface area contributed by atoms with Gasteiger partial charge in [0.15, 0.2) is 0 Å². The van der Waals surface area contributed by atoms with Gasteiger partial charge in [-0.05, 0) is 45.7 Å². The highest BCUT2D eigenvalue weighted by Crippen LogP contribution is 2.43. The quantitative estimate of drug-likeness (QED) is 0.807. The largest absolute Gasteiger partial charge is 0.481 e. The van der Waals surface area contributed by atoms with E-state index in [2.05, 4.69) is 20.0 Å². The van der Waals surface area contributed by atoms with Crippen LogP contribution < -0.4 is 10.6 Å². The van der Waals surface area contributed by atoms with E-state index < -0.39 is 11.4 Å². The highest BCUT2D eigenvalue weighted by atomic mass is 16.5. The molecule has 2 fully saturated rings. The number of nitrogen functional groups attached to an aromatic ring is 1. The number of carboxylic acids is 1. The Kier molecular flexibility index (Phi) is 4.70. The lowest BCUT2D eigenvalue weighted by Gasteiger charge is -2.52. The van der Waals surface area contributed by atoms with Gasteiger partial charge in [0.1, 0.15) is 17.0 Å². The summed E-state index contributed by atoms with van der Waals surface area (Å²) in [5.74, 6) is 0.936. The zero-order valence-electron chi connectivity index (χ0n) is 16.3. The molecule has 0 radical (unpaired) electrons. The molecule has 9 heteroatoms. The van der Waals surface area contributed by atoms with E-state index in [-0.39, 0.29) is 6.04 Å². The van der Waals surface area contributed by atoms with Crippen molar-refractivity contribution in [3.05, 3.63) is 29.3 Å². The van der Waals surface area contributed by atoms with Crippen LogP contribution in [0.1, 0.15) is 36.3 Å². The Bertz CT molecular complexity index is 865. The first-order valence-corrected chi connectivity index (χ1v) is 9.63. The molecule has 9 nitrogen and oxygen atoms in total. The number of aromatic nitrogens is 3. The molecule has 0 amide bonds. The zero-order valence-corrected chi connectivity index (χ0v) is 16.3. The number of likely N-dealkylation sites (tertiary alicyclic amines) is 1. The van der Waals surface area contributed by atoms with Gasteiger partial charge < -0.3 is 20.3 Å². The fourth-order valence-corrected chi connectivity index (χ4v) is 4.73. The van der Waals surface area contributed by atoms with Crippen molar-refractivity contribution in [2.75, 3.05) is 30.3 Å². The van der Waals surface area contributed by atoms with Crippen LogP contribution in [0.25, 0.3) is 0 Å². The normalized spacial score (nSPS) is 25.5. The molecule has 150 valence electrons. The summed E-state index contributed by atoms with van der Waals surface area (Å²) in [5.41, 5.74) is 6.87. The minimum absolute atomic E-state index is 0.0511. The number of carboxylic acid groups (broad SMARTS) is 1. The van der Waals surface area contributed by atoms with Gasteiger partial charge in [-0.2, -0.15) is 4.98 Å². The Morgan fingerprint density at radius 3 is 2.93 bits per heavy atom. The molecule has 0 unspecified atom stereocenters. The van der Waals surface area contributed by atoms with Gasteiger partial charge in [0.2, 0.25) is 5.95 Å². The summed E-state index contributed by atoms with van der Waals surface area (Å²) in [6.45, 7) is 6.45. The van der Waals surface area contributed by atoms with E-state index in [1.807, 2.05) is 18.7 Å². The van der Waals surface area contributed by atoms with E-state index in [0.29, 0.717) is 37.8 Å². The first kappa shape index (κ1) is 18.7. The van der Waals surface area contributed by atoms with Crippen LogP contribution in [0.2, 0.25) is 0 Å². The lowest BCUT2D eigenvalue weighted by Crippen LogP contribution is -2.64. The average Bonchev–Trinajstić information content (AvgIpc) is 2.99. The van der Waals surface area contributed by atoms with Crippen molar-refractivity contribution in [3.63, 3.8) is 0 Å². The SMILES string of the molecule is Cc1noc(C)c1CN1CCC[C@]2(C(=O)O)CN(c3nccc(N)n3)CC[C@@H]12. The molecule has 4 rings (SSSR count). The Morgan fingerprint density at radius 1 is 1.43 bits per heavy atom. The Labute approximate surface area is 163 Å². The second-order valence-corrected chi connectivity index (χ2v) is 7.85. The van der Waals surface area contributed by atoms with E-state index in [9.17, 15) is 9.90 Å². The number of hydrogen-bond acceptors (Lipinski definition) is 8. The molecular formula is C19H26N6O3. The predicted molar refractivity (Wildman–Crippen MR) is 103 cm³/mol. The fourth-order valence-electron chi connectivity index (χ4n) is 4.73. The van der Waals surface area contributed by atoms with Crippen molar-refractivity contribution in [2.24, 2.45) is 5.41 Å². The number of fused-ring (bicyclic) bond motifs is 1. The summed E-state index contributed by atoms with van der Waals surface area (Å²) in [6.07, 6.45) is 3.82. The van der Waals surface area contributed by atoms with E-state index >= 15 is 0 Å². The number of anilines is 2. The summed E-state index contributed by atoms with van der Waals surface area (Å²) in [6, 6.07) is 1.58. The number of nitrogens with zero attached hydrogens (tertiary/aromatic N) is 5. The molecule has 2 aliphatic heterocycles. The fraction of sp³-hybridized carbons (Fsp3) is 0.579. The van der Waals surface area contributed by atoms with Gasteiger partial charge in [0, 0.05) is 37.4 Å². The molecule has 4 heterocycles. The third-order valence-electron chi connectivity index (χ3n) is 6.21. The van der Waals surface area contributed by atoms with Gasteiger partial charge in [-0.15, -0.1) is 0 Å². The van der Waals surface area contributed by atoms with Crippen LogP contribution in [0.15, 0.2) is 16.8 Å². The smallest absolute Gasteiger partial charge is 0.313 e. The number of nitrogens with two attached hydrogens (primary N) is 1. The van der Waals surface area contributed by atoms with Gasteiger partial charge in [0.05, 0.1) is 5.69 Å². The molecule has 2 aromatic heterocycles. The Hall–Kier alpha value is -2.68. The molecule has 2 aromatic rings. The van der Waals surface area contributed by atoms with Crippen molar-refractivity contribution in [2.45, 2.75) is 45.7 Å². The van der Waals surface area contributed by atoms with E-state index in [0.717, 1.165) is 36.4 Å². The molecule has 2 saturated heterocycles. The number of rotatable bonds is 4. The molecule has 0 bridgehead atoms. The monoisotopic (exact) mass is 386 g/mol. The number of aliphatic carboxylic acids is 1. The number of hydrogen-bond donors (Lipinski definition) is 2. The number of piperidine rings is 2. The van der Waals surface area contributed by atoms with Crippen LogP contribution in [-0.4, -0.2) is 56.8 Å². The van der Waals surface area contributed by atoms with Gasteiger partial charge in [0.25, 0.3) is 0 Å². The summed E-state index contributed by atoms with van der Waals surface area (Å²) in [5, 5.41) is 14.3.